The van der Waals surface area contributed by atoms with Gasteiger partial charge in [0.25, 0.3) is 5.91 Å². The Bertz CT molecular complexity index is 1640. The summed E-state index contributed by atoms with van der Waals surface area (Å²) in [6.45, 7) is 1.43. The third kappa shape index (κ3) is 4.64. The molecule has 0 fully saturated rings. The van der Waals surface area contributed by atoms with Gasteiger partial charge < -0.3 is 36.6 Å². The number of hydrogen-bond acceptors (Lipinski definition) is 9. The van der Waals surface area contributed by atoms with Crippen LogP contribution >= 0.6 is 0 Å². The van der Waals surface area contributed by atoms with Crippen molar-refractivity contribution in [3.8, 4) is 5.75 Å². The number of aromatic hydroxyl groups is 1. The molecule has 2 aromatic carbocycles. The van der Waals surface area contributed by atoms with Gasteiger partial charge in [0.1, 0.15) is 17.1 Å². The number of phenols is 1. The molecule has 3 aliphatic carbocycles. The van der Waals surface area contributed by atoms with Gasteiger partial charge in [-0.2, -0.15) is 0 Å². The lowest BCUT2D eigenvalue weighted by Crippen LogP contribution is -2.43. The van der Waals surface area contributed by atoms with Gasteiger partial charge in [0.05, 0.1) is 17.2 Å². The van der Waals surface area contributed by atoms with Crippen LogP contribution in [0.25, 0.3) is 0 Å². The summed E-state index contributed by atoms with van der Waals surface area (Å²) in [5.74, 6) is -6.51. The number of primary amides is 1. The number of fused-ring (bicyclic) bond motifs is 3. The fourth-order valence-corrected chi connectivity index (χ4v) is 6.25. The maximum atomic E-state index is 13.9. The molecular formula is C30H30N4O8. The molecule has 0 spiro atoms. The van der Waals surface area contributed by atoms with Gasteiger partial charge in [-0.05, 0) is 67.5 Å². The third-order valence-corrected chi connectivity index (χ3v) is 8.14. The molecule has 0 heterocycles. The van der Waals surface area contributed by atoms with E-state index in [9.17, 15) is 39.3 Å². The first-order valence-electron chi connectivity index (χ1n) is 13.3. The minimum atomic E-state index is -1.22. The van der Waals surface area contributed by atoms with Crippen molar-refractivity contribution in [2.75, 3.05) is 29.6 Å². The van der Waals surface area contributed by atoms with Crippen LogP contribution in [-0.2, 0) is 16.0 Å². The fourth-order valence-electron chi connectivity index (χ4n) is 6.25. The van der Waals surface area contributed by atoms with Gasteiger partial charge >= 0.3 is 6.03 Å². The summed E-state index contributed by atoms with van der Waals surface area (Å²) in [4.78, 5) is 64.9. The molecule has 12 heteroatoms. The highest BCUT2D eigenvalue weighted by Crippen LogP contribution is 2.51. The molecule has 218 valence electrons. The van der Waals surface area contributed by atoms with Crippen molar-refractivity contribution in [3.63, 3.8) is 0 Å². The second-order valence-electron chi connectivity index (χ2n) is 11.0. The van der Waals surface area contributed by atoms with Crippen molar-refractivity contribution in [1.29, 1.82) is 0 Å². The maximum Gasteiger partial charge on any atom is 0.323 e. The summed E-state index contributed by atoms with van der Waals surface area (Å²) in [6.07, 6.45) is 0.460. The minimum absolute atomic E-state index is 0.0468. The van der Waals surface area contributed by atoms with E-state index in [-0.39, 0.29) is 41.9 Å². The number of phenolic OH excluding ortho intramolecular Hbond substituents is 1. The normalized spacial score (nSPS) is 21.3. The minimum Gasteiger partial charge on any atom is -0.511 e. The van der Waals surface area contributed by atoms with Crippen LogP contribution in [0.1, 0.15) is 46.0 Å². The van der Waals surface area contributed by atoms with E-state index < -0.39 is 64.1 Å². The summed E-state index contributed by atoms with van der Waals surface area (Å²) < 4.78 is 0. The highest BCUT2D eigenvalue weighted by Gasteiger charge is 2.50. The quantitative estimate of drug-likeness (QED) is 0.176. The highest BCUT2D eigenvalue weighted by atomic mass is 16.3. The summed E-state index contributed by atoms with van der Waals surface area (Å²) >= 11 is 0. The monoisotopic (exact) mass is 574 g/mol. The number of amides is 3. The summed E-state index contributed by atoms with van der Waals surface area (Å²) in [5.41, 5.74) is 6.41. The van der Waals surface area contributed by atoms with Crippen LogP contribution in [0, 0.1) is 17.8 Å². The molecule has 0 aromatic heterocycles. The maximum absolute atomic E-state index is 13.9. The lowest BCUT2D eigenvalue weighted by molar-refractivity contribution is -0.126. The van der Waals surface area contributed by atoms with Crippen LogP contribution in [0.4, 0.5) is 21.9 Å². The average Bonchev–Trinajstić information content (AvgIpc) is 2.89. The van der Waals surface area contributed by atoms with Crippen molar-refractivity contribution >= 4 is 46.4 Å². The Kier molecular flexibility index (Phi) is 7.01. The van der Waals surface area contributed by atoms with E-state index in [2.05, 4.69) is 10.6 Å². The Morgan fingerprint density at radius 3 is 2.26 bits per heavy atom. The van der Waals surface area contributed by atoms with Gasteiger partial charge in [0.15, 0.2) is 23.1 Å². The van der Waals surface area contributed by atoms with Gasteiger partial charge in [-0.3, -0.25) is 19.2 Å². The zero-order chi connectivity index (χ0) is 30.6. The van der Waals surface area contributed by atoms with E-state index in [0.717, 1.165) is 0 Å². The van der Waals surface area contributed by atoms with Crippen LogP contribution in [0.5, 0.6) is 5.75 Å². The number of aliphatic hydroxyl groups excluding tert-OH is 2. The Morgan fingerprint density at radius 1 is 1.00 bits per heavy atom. The molecule has 3 atom stereocenters. The number of nitrogens with one attached hydrogen (secondary N) is 2. The second-order valence-corrected chi connectivity index (χ2v) is 11.0. The molecule has 0 aliphatic heterocycles. The van der Waals surface area contributed by atoms with Gasteiger partial charge in [-0.1, -0.05) is 0 Å². The molecule has 0 radical (unpaired) electrons. The van der Waals surface area contributed by atoms with Crippen molar-refractivity contribution in [2.45, 2.75) is 26.2 Å². The number of carbonyl (C=O) groups is 5. The fraction of sp³-hybridized carbons (Fsp3) is 0.300. The molecule has 12 nitrogen and oxygen atoms in total. The van der Waals surface area contributed by atoms with Crippen LogP contribution in [0.15, 0.2) is 53.0 Å². The summed E-state index contributed by atoms with van der Waals surface area (Å²) in [7, 11) is 3.48. The molecular weight excluding hydrogens is 544 g/mol. The van der Waals surface area contributed by atoms with Crippen LogP contribution in [0.2, 0.25) is 0 Å². The Morgan fingerprint density at radius 2 is 1.67 bits per heavy atom. The van der Waals surface area contributed by atoms with Crippen molar-refractivity contribution < 1.29 is 39.3 Å². The lowest BCUT2D eigenvalue weighted by atomic mass is 9.62. The van der Waals surface area contributed by atoms with Gasteiger partial charge in [-0.25, -0.2) is 4.79 Å². The molecule has 0 bridgehead atoms. The van der Waals surface area contributed by atoms with E-state index in [1.807, 2.05) is 0 Å². The van der Waals surface area contributed by atoms with E-state index in [1.54, 1.807) is 43.3 Å². The number of allylic oxidation sites excluding steroid dienone is 3. The number of anilines is 3. The van der Waals surface area contributed by atoms with E-state index in [4.69, 9.17) is 5.73 Å². The number of hydrogen-bond donors (Lipinski definition) is 6. The number of Topliss-reactive ketones (excluding diaryl/α,β-unsaturated/α-hetero) is 3. The zero-order valence-corrected chi connectivity index (χ0v) is 23.1. The number of nitrogens with zero attached hydrogens (tertiary/aromatic N) is 1. The second kappa shape index (κ2) is 10.4. The first kappa shape index (κ1) is 28.4. The van der Waals surface area contributed by atoms with Crippen molar-refractivity contribution in [3.05, 3.63) is 69.7 Å². The molecule has 2 aromatic rings. The Labute approximate surface area is 240 Å². The van der Waals surface area contributed by atoms with Crippen LogP contribution < -0.4 is 21.3 Å². The first-order chi connectivity index (χ1) is 19.8. The van der Waals surface area contributed by atoms with Crippen molar-refractivity contribution in [1.82, 2.24) is 0 Å². The Balaban J connectivity index is 1.51. The van der Waals surface area contributed by atoms with Gasteiger partial charge in [0, 0.05) is 43.0 Å². The summed E-state index contributed by atoms with van der Waals surface area (Å²) in [5, 5.41) is 38.0. The number of aliphatic hydroxyl groups is 2. The van der Waals surface area contributed by atoms with Crippen molar-refractivity contribution in [2.24, 2.45) is 23.5 Å². The molecule has 5 rings (SSSR count). The molecule has 3 unspecified atom stereocenters. The number of benzene rings is 2. The predicted octanol–water partition coefficient (Wildman–Crippen LogP) is 3.38. The molecule has 7 N–H and O–H groups in total. The number of nitrogens with two attached hydrogens (primary N) is 1. The summed E-state index contributed by atoms with van der Waals surface area (Å²) in [6, 6.07) is 7.04. The molecule has 0 saturated heterocycles. The lowest BCUT2D eigenvalue weighted by Gasteiger charge is -2.41. The average molecular weight is 575 g/mol. The largest absolute Gasteiger partial charge is 0.511 e. The van der Waals surface area contributed by atoms with Crippen LogP contribution in [-0.4, -0.2) is 58.7 Å². The molecule has 0 saturated carbocycles. The highest BCUT2D eigenvalue weighted by molar-refractivity contribution is 6.22. The van der Waals surface area contributed by atoms with Crippen LogP contribution in [0.3, 0.4) is 0 Å². The topological polar surface area (TPSA) is 199 Å². The standard InChI is InChI=1S/C30H30N4O8/c1-12(35)13-4-6-16(7-5-13)32-30(42)33-18-11-19(34(2)3)17-9-14-8-15-10-20(36)24(29(31)41)28(40)22(15)26(38)21(14)27(39)23(17)25(18)37/h4-7,11,14-15,22,36-38H,8-10H2,1-3H3,(H2,31,41)(H2,32,33,42). The number of rotatable bonds is 5. The Hall–Kier alpha value is -5.13. The van der Waals surface area contributed by atoms with E-state index in [1.165, 1.54) is 13.0 Å². The molecule has 3 amide bonds. The molecule has 42 heavy (non-hydrogen) atoms. The number of ketones is 3. The smallest absolute Gasteiger partial charge is 0.323 e. The third-order valence-electron chi connectivity index (χ3n) is 8.14. The number of carbonyl (C=O) groups excluding carboxylic acids is 5. The number of urea groups is 1. The predicted molar refractivity (Wildman–Crippen MR) is 153 cm³/mol. The van der Waals surface area contributed by atoms with Gasteiger partial charge in [0.2, 0.25) is 0 Å². The first-order valence-corrected chi connectivity index (χ1v) is 13.3. The van der Waals surface area contributed by atoms with Gasteiger partial charge in [-0.15, -0.1) is 0 Å². The van der Waals surface area contributed by atoms with E-state index >= 15 is 0 Å². The zero-order valence-electron chi connectivity index (χ0n) is 23.1. The molecule has 3 aliphatic rings. The van der Waals surface area contributed by atoms with E-state index in [0.29, 0.717) is 22.5 Å². The SMILES string of the molecule is CC(=O)c1ccc(NC(=O)Nc2cc(N(C)C)c3c(c2O)C(=O)C2=C(O)C4C(=O)C(C(N)=O)=C(O)CC4CC2C3)cc1.